The second-order valence-corrected chi connectivity index (χ2v) is 8.50. The van der Waals surface area contributed by atoms with Crippen LogP contribution in [0.3, 0.4) is 0 Å². The van der Waals surface area contributed by atoms with Gasteiger partial charge in [0.15, 0.2) is 0 Å². The summed E-state index contributed by atoms with van der Waals surface area (Å²) < 4.78 is 25.2. The number of carbonyl (C=O) groups excluding carboxylic acids is 1. The normalized spacial score (nSPS) is 16.3. The van der Waals surface area contributed by atoms with Crippen LogP contribution in [0.5, 0.6) is 0 Å². The van der Waals surface area contributed by atoms with Gasteiger partial charge in [-0.05, 0) is 12.8 Å². The minimum Gasteiger partial charge on any atom is -0.337 e. The largest absolute Gasteiger partial charge is 0.337 e. The molecule has 24 heavy (non-hydrogen) atoms. The van der Waals surface area contributed by atoms with Gasteiger partial charge in [-0.2, -0.15) is 0 Å². The van der Waals surface area contributed by atoms with Gasteiger partial charge in [0, 0.05) is 30.1 Å². The Hall–Kier alpha value is -1.77. The van der Waals surface area contributed by atoms with Gasteiger partial charge in [-0.1, -0.05) is 30.3 Å². The molecular weight excluding hydrogens is 346 g/mol. The number of nitrogens with one attached hydrogen (secondary N) is 1. The lowest BCUT2D eigenvalue weighted by atomic mass is 10.1. The molecule has 0 aliphatic carbocycles. The van der Waals surface area contributed by atoms with E-state index in [0.717, 1.165) is 16.8 Å². The van der Waals surface area contributed by atoms with E-state index in [9.17, 15) is 13.2 Å². The van der Waals surface area contributed by atoms with Crippen molar-refractivity contribution in [2.75, 3.05) is 19.3 Å². The summed E-state index contributed by atoms with van der Waals surface area (Å²) in [6.45, 7) is 1.06. The molecule has 8 heteroatoms. The summed E-state index contributed by atoms with van der Waals surface area (Å²) in [5.74, 6) is -0.0914. The Morgan fingerprint density at radius 3 is 2.54 bits per heavy atom. The van der Waals surface area contributed by atoms with Crippen LogP contribution in [0.25, 0.3) is 10.6 Å². The van der Waals surface area contributed by atoms with Gasteiger partial charge < -0.3 is 4.90 Å². The second-order valence-electron chi connectivity index (χ2n) is 5.86. The third-order valence-corrected chi connectivity index (χ3v) is 5.56. The summed E-state index contributed by atoms with van der Waals surface area (Å²) in [4.78, 5) is 18.8. The summed E-state index contributed by atoms with van der Waals surface area (Å²) in [7, 11) is -3.21. The third kappa shape index (κ3) is 4.19. The highest BCUT2D eigenvalue weighted by molar-refractivity contribution is 7.88. The summed E-state index contributed by atoms with van der Waals surface area (Å²) in [5.41, 5.74) is 1.45. The molecule has 2 heterocycles. The van der Waals surface area contributed by atoms with Crippen LogP contribution in [-0.4, -0.2) is 49.6 Å². The van der Waals surface area contributed by atoms with E-state index in [2.05, 4.69) is 9.71 Å². The Kier molecular flexibility index (Phi) is 4.98. The van der Waals surface area contributed by atoms with Gasteiger partial charge in [0.1, 0.15) is 10.7 Å². The fraction of sp³-hybridized carbons (Fsp3) is 0.375. The first-order valence-electron chi connectivity index (χ1n) is 7.70. The van der Waals surface area contributed by atoms with Gasteiger partial charge in [0.25, 0.3) is 5.91 Å². The van der Waals surface area contributed by atoms with Gasteiger partial charge in [-0.3, -0.25) is 4.79 Å². The van der Waals surface area contributed by atoms with Crippen LogP contribution < -0.4 is 4.72 Å². The highest BCUT2D eigenvalue weighted by Gasteiger charge is 2.26. The van der Waals surface area contributed by atoms with Crippen molar-refractivity contribution < 1.29 is 13.2 Å². The molecule has 1 aliphatic heterocycles. The van der Waals surface area contributed by atoms with Crippen molar-refractivity contribution in [3.05, 3.63) is 41.4 Å². The number of carbonyl (C=O) groups is 1. The summed E-state index contributed by atoms with van der Waals surface area (Å²) >= 11 is 1.45. The van der Waals surface area contributed by atoms with Crippen molar-refractivity contribution >= 4 is 27.3 Å². The zero-order valence-electron chi connectivity index (χ0n) is 13.3. The Morgan fingerprint density at radius 1 is 1.25 bits per heavy atom. The fourth-order valence-electron chi connectivity index (χ4n) is 2.75. The molecular formula is C16H19N3O3S2. The molecule has 1 aromatic heterocycles. The number of hydrogen-bond acceptors (Lipinski definition) is 5. The second kappa shape index (κ2) is 7.00. The number of nitrogens with zero attached hydrogens (tertiary/aromatic N) is 2. The van der Waals surface area contributed by atoms with E-state index >= 15 is 0 Å². The Labute approximate surface area is 145 Å². The maximum Gasteiger partial charge on any atom is 0.273 e. The molecule has 0 bridgehead atoms. The number of sulfonamides is 1. The summed E-state index contributed by atoms with van der Waals surface area (Å²) in [6.07, 6.45) is 2.40. The van der Waals surface area contributed by atoms with Gasteiger partial charge in [0.05, 0.1) is 6.26 Å². The predicted molar refractivity (Wildman–Crippen MR) is 94.5 cm³/mol. The Bertz CT molecular complexity index is 810. The van der Waals surface area contributed by atoms with Crippen LogP contribution in [0, 0.1) is 0 Å². The molecule has 6 nitrogen and oxygen atoms in total. The number of amides is 1. The number of likely N-dealkylation sites (tertiary alicyclic amines) is 1. The van der Waals surface area contributed by atoms with E-state index in [1.54, 1.807) is 10.3 Å². The lowest BCUT2D eigenvalue weighted by molar-refractivity contribution is 0.0706. The van der Waals surface area contributed by atoms with Crippen molar-refractivity contribution in [3.8, 4) is 10.6 Å². The molecule has 128 valence electrons. The topological polar surface area (TPSA) is 79.4 Å². The van der Waals surface area contributed by atoms with Crippen LogP contribution in [-0.2, 0) is 10.0 Å². The summed E-state index contributed by atoms with van der Waals surface area (Å²) in [5, 5.41) is 2.61. The molecule has 1 aliphatic rings. The fourth-order valence-corrected chi connectivity index (χ4v) is 4.39. The van der Waals surface area contributed by atoms with Crippen molar-refractivity contribution in [3.63, 3.8) is 0 Å². The summed E-state index contributed by atoms with van der Waals surface area (Å²) in [6, 6.07) is 9.66. The molecule has 0 unspecified atom stereocenters. The van der Waals surface area contributed by atoms with Gasteiger partial charge in [-0.25, -0.2) is 18.1 Å². The highest BCUT2D eigenvalue weighted by atomic mass is 32.2. The average molecular weight is 365 g/mol. The molecule has 1 amide bonds. The molecule has 1 fully saturated rings. The van der Waals surface area contributed by atoms with Crippen molar-refractivity contribution in [2.24, 2.45) is 0 Å². The van der Waals surface area contributed by atoms with Crippen molar-refractivity contribution in [1.82, 2.24) is 14.6 Å². The first-order chi connectivity index (χ1) is 11.4. The van der Waals surface area contributed by atoms with Crippen LogP contribution in [0.4, 0.5) is 0 Å². The molecule has 1 N–H and O–H groups in total. The van der Waals surface area contributed by atoms with Crippen molar-refractivity contribution in [1.29, 1.82) is 0 Å². The SMILES string of the molecule is CS(=O)(=O)NC1CCN(C(=O)c2csc(-c3ccccc3)n2)CC1. The van der Waals surface area contributed by atoms with E-state index < -0.39 is 10.0 Å². The van der Waals surface area contributed by atoms with Crippen LogP contribution >= 0.6 is 11.3 Å². The smallest absolute Gasteiger partial charge is 0.273 e. The molecule has 1 aromatic carbocycles. The first-order valence-corrected chi connectivity index (χ1v) is 10.5. The van der Waals surface area contributed by atoms with Gasteiger partial charge in [-0.15, -0.1) is 11.3 Å². The first kappa shape index (κ1) is 17.1. The van der Waals surface area contributed by atoms with E-state index in [0.29, 0.717) is 31.6 Å². The number of thiazole rings is 1. The maximum atomic E-state index is 12.6. The molecule has 2 aromatic rings. The zero-order valence-corrected chi connectivity index (χ0v) is 14.9. The van der Waals surface area contributed by atoms with E-state index in [4.69, 9.17) is 0 Å². The standard InChI is InChI=1S/C16H19N3O3S2/c1-24(21,22)18-13-7-9-19(10-8-13)16(20)14-11-23-15(17-14)12-5-3-2-4-6-12/h2-6,11,13,18H,7-10H2,1H3. The maximum absolute atomic E-state index is 12.6. The average Bonchev–Trinajstić information content (AvgIpc) is 3.04. The monoisotopic (exact) mass is 365 g/mol. The number of piperidine rings is 1. The van der Waals surface area contributed by atoms with E-state index in [-0.39, 0.29) is 11.9 Å². The lowest BCUT2D eigenvalue weighted by Crippen LogP contribution is -2.46. The zero-order chi connectivity index (χ0) is 17.2. The van der Waals surface area contributed by atoms with Crippen LogP contribution in [0.2, 0.25) is 0 Å². The molecule has 0 radical (unpaired) electrons. The van der Waals surface area contributed by atoms with Gasteiger partial charge in [0.2, 0.25) is 10.0 Å². The molecule has 0 spiro atoms. The number of rotatable bonds is 4. The van der Waals surface area contributed by atoms with Crippen LogP contribution in [0.1, 0.15) is 23.3 Å². The molecule has 0 atom stereocenters. The molecule has 1 saturated heterocycles. The Morgan fingerprint density at radius 2 is 1.92 bits per heavy atom. The van der Waals surface area contributed by atoms with E-state index in [1.165, 1.54) is 11.3 Å². The predicted octanol–water partition coefficient (Wildman–Crippen LogP) is 1.96. The number of hydrogen-bond donors (Lipinski definition) is 1. The van der Waals surface area contributed by atoms with Crippen molar-refractivity contribution in [2.45, 2.75) is 18.9 Å². The van der Waals surface area contributed by atoms with Gasteiger partial charge >= 0.3 is 0 Å². The Balaban J connectivity index is 1.63. The minimum absolute atomic E-state index is 0.0914. The van der Waals surface area contributed by atoms with E-state index in [1.807, 2.05) is 30.3 Å². The van der Waals surface area contributed by atoms with Crippen LogP contribution in [0.15, 0.2) is 35.7 Å². The lowest BCUT2D eigenvalue weighted by Gasteiger charge is -2.31. The quantitative estimate of drug-likeness (QED) is 0.898. The highest BCUT2D eigenvalue weighted by Crippen LogP contribution is 2.24. The molecule has 3 rings (SSSR count). The molecule has 0 saturated carbocycles. The number of aromatic nitrogens is 1. The number of benzene rings is 1. The minimum atomic E-state index is -3.21. The third-order valence-electron chi connectivity index (χ3n) is 3.91.